The second kappa shape index (κ2) is 6.68. The lowest BCUT2D eigenvalue weighted by Crippen LogP contribution is -2.39. The van der Waals surface area contributed by atoms with Gasteiger partial charge in [0.25, 0.3) is 0 Å². The summed E-state index contributed by atoms with van der Waals surface area (Å²) in [5.74, 6) is 0. The molecule has 1 aliphatic rings. The van der Waals surface area contributed by atoms with E-state index in [1.54, 1.807) is 4.57 Å². The summed E-state index contributed by atoms with van der Waals surface area (Å²) in [4.78, 5) is 0.153. The maximum atomic E-state index is 12.2. The Morgan fingerprint density at radius 3 is 2.85 bits per heavy atom. The second-order valence-corrected chi connectivity index (χ2v) is 6.30. The first-order chi connectivity index (χ1) is 9.56. The van der Waals surface area contributed by atoms with Gasteiger partial charge in [0.2, 0.25) is 10.0 Å². The van der Waals surface area contributed by atoms with Crippen molar-refractivity contribution in [2.45, 2.75) is 31.1 Å². The summed E-state index contributed by atoms with van der Waals surface area (Å²) >= 11 is 0. The van der Waals surface area contributed by atoms with Crippen molar-refractivity contribution in [3.05, 3.63) is 18.0 Å². The predicted octanol–water partition coefficient (Wildman–Crippen LogP) is -0.306. The molecule has 0 bridgehead atoms. The van der Waals surface area contributed by atoms with Crippen molar-refractivity contribution >= 4 is 10.0 Å². The Morgan fingerprint density at radius 1 is 1.50 bits per heavy atom. The summed E-state index contributed by atoms with van der Waals surface area (Å²) in [5, 5.41) is 9.19. The number of aryl methyl sites for hydroxylation is 1. The summed E-state index contributed by atoms with van der Waals surface area (Å²) in [6.07, 6.45) is 1.26. The van der Waals surface area contributed by atoms with Gasteiger partial charge < -0.3 is 19.1 Å². The quantitative estimate of drug-likeness (QED) is 0.753. The number of aliphatic hydroxyl groups excluding tert-OH is 1. The highest BCUT2D eigenvalue weighted by Crippen LogP contribution is 2.15. The van der Waals surface area contributed by atoms with E-state index in [9.17, 15) is 13.5 Å². The number of hydrogen-bond donors (Lipinski definition) is 2. The van der Waals surface area contributed by atoms with Gasteiger partial charge in [0.1, 0.15) is 0 Å². The van der Waals surface area contributed by atoms with Crippen molar-refractivity contribution in [3.63, 3.8) is 0 Å². The molecule has 0 saturated carbocycles. The number of rotatable bonds is 6. The molecular formula is C12H20N2O5S. The molecule has 114 valence electrons. The molecule has 1 saturated heterocycles. The first kappa shape index (κ1) is 15.5. The van der Waals surface area contributed by atoms with E-state index in [4.69, 9.17) is 9.47 Å². The van der Waals surface area contributed by atoms with Crippen LogP contribution in [0.5, 0.6) is 0 Å². The van der Waals surface area contributed by atoms with Crippen molar-refractivity contribution in [2.24, 2.45) is 0 Å². The van der Waals surface area contributed by atoms with Gasteiger partial charge in [-0.2, -0.15) is 0 Å². The molecule has 1 fully saturated rings. The van der Waals surface area contributed by atoms with Gasteiger partial charge in [0, 0.05) is 25.0 Å². The Bertz CT molecular complexity index is 513. The number of nitrogens with zero attached hydrogens (tertiary/aromatic N) is 1. The van der Waals surface area contributed by atoms with Crippen molar-refractivity contribution in [3.8, 4) is 0 Å². The smallest absolute Gasteiger partial charge is 0.242 e. The average Bonchev–Trinajstić information content (AvgIpc) is 2.90. The second-order valence-electron chi connectivity index (χ2n) is 4.53. The molecule has 0 radical (unpaired) electrons. The first-order valence-electron chi connectivity index (χ1n) is 6.55. The monoisotopic (exact) mass is 304 g/mol. The topological polar surface area (TPSA) is 89.8 Å². The molecule has 1 atom stereocenters. The lowest BCUT2D eigenvalue weighted by molar-refractivity contribution is -0.0846. The predicted molar refractivity (Wildman–Crippen MR) is 71.8 cm³/mol. The largest absolute Gasteiger partial charge is 0.390 e. The molecule has 0 aliphatic carbocycles. The molecule has 1 aliphatic heterocycles. The highest BCUT2D eigenvalue weighted by Gasteiger charge is 2.21. The van der Waals surface area contributed by atoms with Gasteiger partial charge in [0.05, 0.1) is 37.4 Å². The molecule has 2 rings (SSSR count). The molecule has 8 heteroatoms. The fourth-order valence-corrected chi connectivity index (χ4v) is 3.17. The number of hydrogen-bond acceptors (Lipinski definition) is 5. The maximum Gasteiger partial charge on any atom is 0.242 e. The SMILES string of the molecule is CCn1cc(S(=O)(=O)NCC2COCCO2)cc1CO. The highest BCUT2D eigenvalue weighted by molar-refractivity contribution is 7.89. The molecule has 1 aromatic rings. The van der Waals surface area contributed by atoms with Crippen molar-refractivity contribution in [2.75, 3.05) is 26.4 Å². The van der Waals surface area contributed by atoms with Gasteiger partial charge in [-0.15, -0.1) is 0 Å². The van der Waals surface area contributed by atoms with Crippen LogP contribution in [0.4, 0.5) is 0 Å². The molecule has 20 heavy (non-hydrogen) atoms. The maximum absolute atomic E-state index is 12.2. The van der Waals surface area contributed by atoms with E-state index in [0.717, 1.165) is 0 Å². The normalized spacial score (nSPS) is 20.2. The molecule has 2 N–H and O–H groups in total. The van der Waals surface area contributed by atoms with Gasteiger partial charge in [-0.1, -0.05) is 0 Å². The zero-order valence-corrected chi connectivity index (χ0v) is 12.2. The van der Waals surface area contributed by atoms with E-state index in [2.05, 4.69) is 4.72 Å². The van der Waals surface area contributed by atoms with Gasteiger partial charge in [-0.05, 0) is 13.0 Å². The number of nitrogens with one attached hydrogen (secondary N) is 1. The molecule has 2 heterocycles. The summed E-state index contributed by atoms with van der Waals surface area (Å²) in [7, 11) is -3.60. The number of aromatic nitrogens is 1. The van der Waals surface area contributed by atoms with Gasteiger partial charge in [-0.3, -0.25) is 0 Å². The van der Waals surface area contributed by atoms with Crippen LogP contribution in [0.15, 0.2) is 17.2 Å². The van der Waals surface area contributed by atoms with Gasteiger partial charge in [0.15, 0.2) is 0 Å². The highest BCUT2D eigenvalue weighted by atomic mass is 32.2. The summed E-state index contributed by atoms with van der Waals surface area (Å²) in [6, 6.07) is 1.48. The van der Waals surface area contributed by atoms with Gasteiger partial charge in [-0.25, -0.2) is 13.1 Å². The molecule has 1 unspecified atom stereocenters. The molecule has 0 amide bonds. The molecule has 1 aromatic heterocycles. The minimum absolute atomic E-state index is 0.153. The van der Waals surface area contributed by atoms with E-state index < -0.39 is 10.0 Å². The van der Waals surface area contributed by atoms with Crippen LogP contribution in [-0.4, -0.2) is 50.6 Å². The lowest BCUT2D eigenvalue weighted by atomic mass is 10.3. The van der Waals surface area contributed by atoms with E-state index in [0.29, 0.717) is 32.1 Å². The van der Waals surface area contributed by atoms with E-state index >= 15 is 0 Å². The Labute approximate surface area is 118 Å². The van der Waals surface area contributed by atoms with Crippen LogP contribution in [0, 0.1) is 0 Å². The van der Waals surface area contributed by atoms with Crippen LogP contribution in [-0.2, 0) is 32.6 Å². The van der Waals surface area contributed by atoms with E-state index in [1.807, 2.05) is 6.92 Å². The Hall–Kier alpha value is -0.930. The fourth-order valence-electron chi connectivity index (χ4n) is 2.04. The third-order valence-electron chi connectivity index (χ3n) is 3.16. The summed E-state index contributed by atoms with van der Waals surface area (Å²) in [6.45, 7) is 3.88. The summed E-state index contributed by atoms with van der Waals surface area (Å²) in [5.41, 5.74) is 0.574. The van der Waals surface area contributed by atoms with E-state index in [1.165, 1.54) is 12.3 Å². The van der Waals surface area contributed by atoms with Crippen LogP contribution in [0.1, 0.15) is 12.6 Å². The summed E-state index contributed by atoms with van der Waals surface area (Å²) < 4.78 is 39.1. The first-order valence-corrected chi connectivity index (χ1v) is 8.04. The molecule has 0 spiro atoms. The number of sulfonamides is 1. The van der Waals surface area contributed by atoms with Crippen molar-refractivity contribution in [1.29, 1.82) is 0 Å². The standard InChI is InChI=1S/C12H20N2O5S/c1-2-14-7-12(5-10(14)8-15)20(16,17)13-6-11-9-18-3-4-19-11/h5,7,11,13,15H,2-4,6,8-9H2,1H3. The van der Waals surface area contributed by atoms with Crippen LogP contribution >= 0.6 is 0 Å². The number of ether oxygens (including phenoxy) is 2. The molecule has 0 aromatic carbocycles. The van der Waals surface area contributed by atoms with Crippen molar-refractivity contribution in [1.82, 2.24) is 9.29 Å². The third-order valence-corrected chi connectivity index (χ3v) is 4.55. The van der Waals surface area contributed by atoms with E-state index in [-0.39, 0.29) is 24.2 Å². The lowest BCUT2D eigenvalue weighted by Gasteiger charge is -2.22. The van der Waals surface area contributed by atoms with Crippen LogP contribution in [0.2, 0.25) is 0 Å². The minimum atomic E-state index is -3.60. The average molecular weight is 304 g/mol. The third kappa shape index (κ3) is 3.58. The fraction of sp³-hybridized carbons (Fsp3) is 0.667. The van der Waals surface area contributed by atoms with Crippen LogP contribution in [0.3, 0.4) is 0 Å². The van der Waals surface area contributed by atoms with Crippen LogP contribution in [0.25, 0.3) is 0 Å². The minimum Gasteiger partial charge on any atom is -0.390 e. The van der Waals surface area contributed by atoms with Crippen LogP contribution < -0.4 is 4.72 Å². The molecular weight excluding hydrogens is 284 g/mol. The molecule has 7 nitrogen and oxygen atoms in total. The Kier molecular flexibility index (Phi) is 5.17. The van der Waals surface area contributed by atoms with Gasteiger partial charge >= 0.3 is 0 Å². The Balaban J connectivity index is 2.03. The van der Waals surface area contributed by atoms with Crippen molar-refractivity contribution < 1.29 is 23.0 Å². The zero-order valence-electron chi connectivity index (χ0n) is 11.4. The Morgan fingerprint density at radius 2 is 2.30 bits per heavy atom. The zero-order chi connectivity index (χ0) is 14.6. The number of aliphatic hydroxyl groups is 1.